The van der Waals surface area contributed by atoms with E-state index in [1.807, 2.05) is 13.0 Å². The largest absolute Gasteiger partial charge is 0.439 e. The Balaban J connectivity index is 1.52. The van der Waals surface area contributed by atoms with Crippen molar-refractivity contribution in [3.63, 3.8) is 0 Å². The van der Waals surface area contributed by atoms with Crippen LogP contribution in [0, 0.1) is 6.92 Å². The standard InChI is InChI=1S/C22H19F3N6O/c1-3-16-12-19(27-13(2)26-16)32-18-9-4-6-14(10-18)20-29-21(31-30-20)28-17-8-5-7-15(11-17)22(23,24)25/h4-12H,3H2,1-2H3,(H2,28,29,30,31). The molecule has 0 unspecified atom stereocenters. The second kappa shape index (κ2) is 8.66. The van der Waals surface area contributed by atoms with Gasteiger partial charge >= 0.3 is 6.18 Å². The maximum Gasteiger partial charge on any atom is 0.416 e. The van der Waals surface area contributed by atoms with Gasteiger partial charge in [-0.1, -0.05) is 25.1 Å². The molecular formula is C22H19F3N6O. The molecule has 0 saturated carbocycles. The van der Waals surface area contributed by atoms with Crippen LogP contribution in [-0.4, -0.2) is 25.1 Å². The van der Waals surface area contributed by atoms with Crippen LogP contribution in [0.5, 0.6) is 11.6 Å². The number of alkyl halides is 3. The number of aromatic amines is 1. The van der Waals surface area contributed by atoms with Gasteiger partial charge in [-0.05, 0) is 43.7 Å². The van der Waals surface area contributed by atoms with Crippen LogP contribution in [0.3, 0.4) is 0 Å². The van der Waals surface area contributed by atoms with Crippen molar-refractivity contribution in [1.82, 2.24) is 25.1 Å². The van der Waals surface area contributed by atoms with E-state index in [1.165, 1.54) is 12.1 Å². The van der Waals surface area contributed by atoms with E-state index in [9.17, 15) is 13.2 Å². The van der Waals surface area contributed by atoms with Gasteiger partial charge in [-0.15, -0.1) is 5.10 Å². The molecule has 0 aliphatic heterocycles. The third-order valence-electron chi connectivity index (χ3n) is 4.49. The van der Waals surface area contributed by atoms with Gasteiger partial charge < -0.3 is 10.1 Å². The van der Waals surface area contributed by atoms with E-state index in [0.29, 0.717) is 28.8 Å². The Labute approximate surface area is 181 Å². The summed E-state index contributed by atoms with van der Waals surface area (Å²) in [5.41, 5.74) is 1.04. The van der Waals surface area contributed by atoms with Crippen molar-refractivity contribution in [2.75, 3.05) is 5.32 Å². The number of benzene rings is 2. The van der Waals surface area contributed by atoms with Crippen LogP contribution in [0.2, 0.25) is 0 Å². The van der Waals surface area contributed by atoms with Crippen LogP contribution >= 0.6 is 0 Å². The molecule has 2 aromatic carbocycles. The van der Waals surface area contributed by atoms with E-state index >= 15 is 0 Å². The molecule has 0 radical (unpaired) electrons. The van der Waals surface area contributed by atoms with Crippen molar-refractivity contribution in [3.8, 4) is 23.0 Å². The number of hydrogen-bond donors (Lipinski definition) is 2. The molecule has 0 bridgehead atoms. The first-order valence-corrected chi connectivity index (χ1v) is 9.79. The number of aryl methyl sites for hydroxylation is 2. The maximum absolute atomic E-state index is 12.9. The molecule has 32 heavy (non-hydrogen) atoms. The third-order valence-corrected chi connectivity index (χ3v) is 4.49. The fourth-order valence-corrected chi connectivity index (χ4v) is 3.01. The van der Waals surface area contributed by atoms with Crippen molar-refractivity contribution < 1.29 is 17.9 Å². The van der Waals surface area contributed by atoms with Crippen molar-refractivity contribution in [1.29, 1.82) is 0 Å². The van der Waals surface area contributed by atoms with Gasteiger partial charge in [0.15, 0.2) is 5.82 Å². The Hall–Kier alpha value is -3.95. The molecule has 10 heteroatoms. The zero-order valence-corrected chi connectivity index (χ0v) is 17.2. The molecule has 0 atom stereocenters. The van der Waals surface area contributed by atoms with E-state index in [4.69, 9.17) is 4.74 Å². The van der Waals surface area contributed by atoms with Crippen LogP contribution in [0.25, 0.3) is 11.4 Å². The number of anilines is 2. The highest BCUT2D eigenvalue weighted by Gasteiger charge is 2.30. The molecule has 2 aromatic heterocycles. The predicted octanol–water partition coefficient (Wildman–Crippen LogP) is 5.69. The number of ether oxygens (including phenoxy) is 1. The number of H-pyrrole nitrogens is 1. The molecule has 0 amide bonds. The highest BCUT2D eigenvalue weighted by molar-refractivity contribution is 5.61. The van der Waals surface area contributed by atoms with Crippen molar-refractivity contribution in [2.24, 2.45) is 0 Å². The second-order valence-electron chi connectivity index (χ2n) is 6.94. The highest BCUT2D eigenvalue weighted by Crippen LogP contribution is 2.31. The van der Waals surface area contributed by atoms with E-state index < -0.39 is 11.7 Å². The summed E-state index contributed by atoms with van der Waals surface area (Å²) in [6.07, 6.45) is -3.66. The van der Waals surface area contributed by atoms with Crippen molar-refractivity contribution in [3.05, 3.63) is 71.7 Å². The summed E-state index contributed by atoms with van der Waals surface area (Å²) in [6, 6.07) is 13.8. The molecule has 0 aliphatic rings. The maximum atomic E-state index is 12.9. The summed E-state index contributed by atoms with van der Waals surface area (Å²) in [7, 11) is 0. The first kappa shape index (κ1) is 21.3. The summed E-state index contributed by atoms with van der Waals surface area (Å²) in [6.45, 7) is 3.80. The fraction of sp³-hybridized carbons (Fsp3) is 0.182. The minimum Gasteiger partial charge on any atom is -0.439 e. The van der Waals surface area contributed by atoms with Gasteiger partial charge in [0, 0.05) is 23.0 Å². The first-order valence-electron chi connectivity index (χ1n) is 9.79. The molecule has 0 saturated heterocycles. The van der Waals surface area contributed by atoms with E-state index in [2.05, 4.69) is 30.5 Å². The molecule has 0 spiro atoms. The minimum absolute atomic E-state index is 0.143. The van der Waals surface area contributed by atoms with E-state index in [-0.39, 0.29) is 11.6 Å². The quantitative estimate of drug-likeness (QED) is 0.401. The van der Waals surface area contributed by atoms with Gasteiger partial charge in [-0.3, -0.25) is 5.10 Å². The molecule has 0 fully saturated rings. The Morgan fingerprint density at radius 2 is 1.81 bits per heavy atom. The predicted molar refractivity (Wildman–Crippen MR) is 113 cm³/mol. The highest BCUT2D eigenvalue weighted by atomic mass is 19.4. The number of nitrogens with one attached hydrogen (secondary N) is 2. The lowest BCUT2D eigenvalue weighted by Crippen LogP contribution is -2.05. The lowest BCUT2D eigenvalue weighted by atomic mass is 10.2. The molecule has 2 heterocycles. The first-order chi connectivity index (χ1) is 15.3. The summed E-state index contributed by atoms with van der Waals surface area (Å²) in [4.78, 5) is 12.9. The van der Waals surface area contributed by atoms with Crippen LogP contribution in [0.15, 0.2) is 54.6 Å². The van der Waals surface area contributed by atoms with Crippen LogP contribution < -0.4 is 10.1 Å². The molecule has 2 N–H and O–H groups in total. The van der Waals surface area contributed by atoms with Gasteiger partial charge in [-0.25, -0.2) is 4.98 Å². The molecule has 164 valence electrons. The van der Waals surface area contributed by atoms with Crippen LogP contribution in [-0.2, 0) is 12.6 Å². The van der Waals surface area contributed by atoms with Gasteiger partial charge in [0.2, 0.25) is 11.8 Å². The van der Waals surface area contributed by atoms with Gasteiger partial charge in [0.25, 0.3) is 0 Å². The third kappa shape index (κ3) is 5.02. The average Bonchev–Trinajstić information content (AvgIpc) is 3.21. The van der Waals surface area contributed by atoms with E-state index in [0.717, 1.165) is 24.2 Å². The summed E-state index contributed by atoms with van der Waals surface area (Å²) >= 11 is 0. The second-order valence-corrected chi connectivity index (χ2v) is 6.94. The van der Waals surface area contributed by atoms with Gasteiger partial charge in [0.1, 0.15) is 11.6 Å². The number of aromatic nitrogens is 5. The summed E-state index contributed by atoms with van der Waals surface area (Å²) in [5, 5.41) is 9.59. The Bertz CT molecular complexity index is 1240. The Morgan fingerprint density at radius 3 is 2.59 bits per heavy atom. The van der Waals surface area contributed by atoms with Gasteiger partial charge in [0.05, 0.1) is 5.56 Å². The number of hydrogen-bond acceptors (Lipinski definition) is 6. The van der Waals surface area contributed by atoms with Crippen LogP contribution in [0.1, 0.15) is 24.0 Å². The summed E-state index contributed by atoms with van der Waals surface area (Å²) < 4.78 is 44.6. The van der Waals surface area contributed by atoms with Crippen molar-refractivity contribution in [2.45, 2.75) is 26.4 Å². The topological polar surface area (TPSA) is 88.6 Å². The lowest BCUT2D eigenvalue weighted by molar-refractivity contribution is -0.137. The van der Waals surface area contributed by atoms with Gasteiger partial charge in [-0.2, -0.15) is 23.1 Å². The Morgan fingerprint density at radius 1 is 1.00 bits per heavy atom. The monoisotopic (exact) mass is 440 g/mol. The normalized spacial score (nSPS) is 11.4. The molecule has 4 rings (SSSR count). The van der Waals surface area contributed by atoms with Crippen molar-refractivity contribution >= 4 is 11.6 Å². The minimum atomic E-state index is -4.43. The fourth-order valence-electron chi connectivity index (χ4n) is 3.01. The zero-order chi connectivity index (χ0) is 22.7. The molecule has 4 aromatic rings. The smallest absolute Gasteiger partial charge is 0.416 e. The SMILES string of the molecule is CCc1cc(Oc2cccc(-c3nc(Nc4cccc(C(F)(F)F)c4)n[nH]3)c2)nc(C)n1. The summed E-state index contributed by atoms with van der Waals surface area (Å²) in [5.74, 6) is 2.18. The van der Waals surface area contributed by atoms with Crippen LogP contribution in [0.4, 0.5) is 24.8 Å². The molecule has 7 nitrogen and oxygen atoms in total. The molecular weight excluding hydrogens is 421 g/mol. The number of halogens is 3. The molecule has 0 aliphatic carbocycles. The Kier molecular flexibility index (Phi) is 5.76. The average molecular weight is 440 g/mol. The zero-order valence-electron chi connectivity index (χ0n) is 17.2. The number of nitrogens with zero attached hydrogens (tertiary/aromatic N) is 4. The van der Waals surface area contributed by atoms with E-state index in [1.54, 1.807) is 31.2 Å². The number of rotatable bonds is 6. The lowest BCUT2D eigenvalue weighted by Gasteiger charge is -2.08.